The van der Waals surface area contributed by atoms with Crippen LogP contribution in [0.4, 0.5) is 0 Å². The van der Waals surface area contributed by atoms with Gasteiger partial charge in [-0.1, -0.05) is 74.9 Å². The Morgan fingerprint density at radius 2 is 1.00 bits per heavy atom. The van der Waals surface area contributed by atoms with E-state index < -0.39 is 0 Å². The van der Waals surface area contributed by atoms with E-state index in [1.807, 2.05) is 0 Å². The van der Waals surface area contributed by atoms with Crippen LogP contribution in [0.5, 0.6) is 0 Å². The van der Waals surface area contributed by atoms with Gasteiger partial charge < -0.3 is 0 Å². The van der Waals surface area contributed by atoms with Crippen molar-refractivity contribution in [3.05, 3.63) is 69.8 Å². The van der Waals surface area contributed by atoms with Crippen LogP contribution >= 0.6 is 23.5 Å². The number of carbonyl (C=O) groups excluding carboxylic acids is 1. The van der Waals surface area contributed by atoms with E-state index in [9.17, 15) is 4.79 Å². The molecule has 2 aromatic carbocycles. The minimum Gasteiger partial charge on any atom is -0.297 e. The van der Waals surface area contributed by atoms with Gasteiger partial charge in [0.05, 0.1) is 0 Å². The van der Waals surface area contributed by atoms with Crippen molar-refractivity contribution < 1.29 is 4.79 Å². The molecule has 0 bridgehead atoms. The van der Waals surface area contributed by atoms with E-state index in [1.54, 1.807) is 0 Å². The van der Waals surface area contributed by atoms with E-state index in [2.05, 4.69) is 69.7 Å². The molecule has 2 saturated heterocycles. The SMILES string of the molecule is O=C(c1cccc(C2CCCCC2)c1CN1CCSCC1)c1cccc(C2CCCCC2)c1CN1CCSCC1. The van der Waals surface area contributed by atoms with Gasteiger partial charge in [0, 0.05) is 73.4 Å². The van der Waals surface area contributed by atoms with Crippen LogP contribution in [0.3, 0.4) is 0 Å². The summed E-state index contributed by atoms with van der Waals surface area (Å²) in [7, 11) is 0. The molecule has 5 heteroatoms. The number of ketones is 1. The first-order valence-corrected chi connectivity index (χ1v) is 18.5. The van der Waals surface area contributed by atoms with Crippen LogP contribution in [0, 0.1) is 0 Å². The molecule has 2 heterocycles. The Morgan fingerprint density at radius 1 is 0.600 bits per heavy atom. The van der Waals surface area contributed by atoms with Gasteiger partial charge in [0.15, 0.2) is 5.78 Å². The highest BCUT2D eigenvalue weighted by Gasteiger charge is 2.28. The summed E-state index contributed by atoms with van der Waals surface area (Å²) >= 11 is 4.14. The molecule has 4 fully saturated rings. The van der Waals surface area contributed by atoms with Gasteiger partial charge in [0.25, 0.3) is 0 Å². The maximum Gasteiger partial charge on any atom is 0.193 e. The summed E-state index contributed by atoms with van der Waals surface area (Å²) in [5.41, 5.74) is 7.60. The van der Waals surface area contributed by atoms with E-state index >= 15 is 0 Å². The molecule has 0 unspecified atom stereocenters. The first-order chi connectivity index (χ1) is 19.8. The Hall–Kier alpha value is -1.27. The van der Waals surface area contributed by atoms with Crippen molar-refractivity contribution in [2.45, 2.75) is 89.1 Å². The van der Waals surface area contributed by atoms with Crippen LogP contribution in [-0.2, 0) is 13.1 Å². The third-order valence-electron chi connectivity index (χ3n) is 9.97. The van der Waals surface area contributed by atoms with Gasteiger partial charge >= 0.3 is 0 Å². The third-order valence-corrected chi connectivity index (χ3v) is 11.9. The van der Waals surface area contributed by atoms with Crippen LogP contribution in [0.25, 0.3) is 0 Å². The molecule has 3 nitrogen and oxygen atoms in total. The molecule has 0 N–H and O–H groups in total. The van der Waals surface area contributed by atoms with Crippen LogP contribution in [0.2, 0.25) is 0 Å². The van der Waals surface area contributed by atoms with E-state index in [1.165, 1.54) is 109 Å². The quantitative estimate of drug-likeness (QED) is 0.296. The fourth-order valence-electron chi connectivity index (χ4n) is 7.69. The molecule has 0 spiro atoms. The Labute approximate surface area is 251 Å². The van der Waals surface area contributed by atoms with Crippen LogP contribution in [0.15, 0.2) is 36.4 Å². The lowest BCUT2D eigenvalue weighted by Crippen LogP contribution is -2.34. The summed E-state index contributed by atoms with van der Waals surface area (Å²) in [5, 5.41) is 0. The van der Waals surface area contributed by atoms with Crippen molar-refractivity contribution in [3.63, 3.8) is 0 Å². The Kier molecular flexibility index (Phi) is 10.3. The number of nitrogens with zero attached hydrogens (tertiary/aromatic N) is 2. The Bertz CT molecular complexity index is 1040. The van der Waals surface area contributed by atoms with Crippen LogP contribution < -0.4 is 0 Å². The Balaban J connectivity index is 1.40. The number of hydrogen-bond donors (Lipinski definition) is 0. The predicted molar refractivity (Wildman–Crippen MR) is 173 cm³/mol. The number of thioether (sulfide) groups is 2. The number of rotatable bonds is 8. The highest BCUT2D eigenvalue weighted by Crippen LogP contribution is 2.39. The summed E-state index contributed by atoms with van der Waals surface area (Å²) in [4.78, 5) is 20.0. The standard InChI is InChI=1S/C35H48N2OS2/c38-35(31-15-7-13-29(27-9-3-1-4-10-27)33(31)25-36-17-21-39-22-18-36)32-16-8-14-30(28-11-5-2-6-12-28)34(32)26-37-19-23-40-24-20-37/h7-8,13-16,27-28H,1-6,9-12,17-26H2. The van der Waals surface area contributed by atoms with E-state index in [4.69, 9.17) is 0 Å². The zero-order valence-corrected chi connectivity index (χ0v) is 26.0. The molecule has 216 valence electrons. The molecular formula is C35H48N2OS2. The second kappa shape index (κ2) is 14.3. The fourth-order valence-corrected chi connectivity index (χ4v) is 9.65. The zero-order chi connectivity index (χ0) is 27.1. The molecule has 2 aliphatic carbocycles. The summed E-state index contributed by atoms with van der Waals surface area (Å²) in [6, 6.07) is 13.4. The summed E-state index contributed by atoms with van der Waals surface area (Å²) in [5.74, 6) is 6.31. The van der Waals surface area contributed by atoms with Crippen LogP contribution in [-0.4, -0.2) is 64.8 Å². The van der Waals surface area contributed by atoms with E-state index in [-0.39, 0.29) is 5.78 Å². The highest BCUT2D eigenvalue weighted by atomic mass is 32.2. The second-order valence-electron chi connectivity index (χ2n) is 12.5. The number of hydrogen-bond acceptors (Lipinski definition) is 5. The minimum atomic E-state index is 0.276. The molecule has 4 aliphatic rings. The van der Waals surface area contributed by atoms with Crippen molar-refractivity contribution in [2.24, 2.45) is 0 Å². The first-order valence-electron chi connectivity index (χ1n) is 16.2. The molecule has 6 rings (SSSR count). The number of carbonyl (C=O) groups is 1. The molecule has 2 aliphatic heterocycles. The molecule has 2 saturated carbocycles. The predicted octanol–water partition coefficient (Wildman–Crippen LogP) is 8.11. The second-order valence-corrected chi connectivity index (χ2v) is 15.0. The van der Waals surface area contributed by atoms with Crippen molar-refractivity contribution >= 4 is 29.3 Å². The van der Waals surface area contributed by atoms with E-state index in [0.717, 1.165) is 50.4 Å². The maximum atomic E-state index is 14.8. The van der Waals surface area contributed by atoms with Gasteiger partial charge in [-0.2, -0.15) is 23.5 Å². The number of benzene rings is 2. The van der Waals surface area contributed by atoms with Crippen molar-refractivity contribution in [2.75, 3.05) is 49.2 Å². The molecule has 0 aromatic heterocycles. The fraction of sp³-hybridized carbons (Fsp3) is 0.629. The topological polar surface area (TPSA) is 23.6 Å². The molecule has 0 radical (unpaired) electrons. The average molecular weight is 577 g/mol. The lowest BCUT2D eigenvalue weighted by atomic mass is 9.78. The molecule has 40 heavy (non-hydrogen) atoms. The summed E-state index contributed by atoms with van der Waals surface area (Å²) in [6.07, 6.45) is 13.1. The van der Waals surface area contributed by atoms with Gasteiger partial charge in [-0.05, 0) is 59.8 Å². The molecule has 0 atom stereocenters. The monoisotopic (exact) mass is 576 g/mol. The lowest BCUT2D eigenvalue weighted by molar-refractivity contribution is 0.103. The zero-order valence-electron chi connectivity index (χ0n) is 24.4. The highest BCUT2D eigenvalue weighted by molar-refractivity contribution is 7.99. The van der Waals surface area contributed by atoms with E-state index in [0.29, 0.717) is 11.8 Å². The van der Waals surface area contributed by atoms with Crippen molar-refractivity contribution in [1.82, 2.24) is 9.80 Å². The molecule has 0 amide bonds. The van der Waals surface area contributed by atoms with Gasteiger partial charge in [-0.15, -0.1) is 0 Å². The molecular weight excluding hydrogens is 529 g/mol. The van der Waals surface area contributed by atoms with Gasteiger partial charge in [0.1, 0.15) is 0 Å². The first kappa shape index (κ1) is 28.8. The third kappa shape index (κ3) is 6.85. The van der Waals surface area contributed by atoms with Crippen molar-refractivity contribution in [1.29, 1.82) is 0 Å². The largest absolute Gasteiger partial charge is 0.297 e. The minimum absolute atomic E-state index is 0.276. The Morgan fingerprint density at radius 3 is 1.40 bits per heavy atom. The maximum absolute atomic E-state index is 14.8. The van der Waals surface area contributed by atoms with Crippen LogP contribution in [0.1, 0.15) is 114 Å². The normalized spacial score (nSPS) is 22.4. The lowest BCUT2D eigenvalue weighted by Gasteiger charge is -2.32. The van der Waals surface area contributed by atoms with Gasteiger partial charge in [-0.3, -0.25) is 14.6 Å². The van der Waals surface area contributed by atoms with Crippen molar-refractivity contribution in [3.8, 4) is 0 Å². The molecule has 2 aromatic rings. The average Bonchev–Trinajstić information content (AvgIpc) is 3.03. The van der Waals surface area contributed by atoms with Gasteiger partial charge in [0.2, 0.25) is 0 Å². The summed E-state index contributed by atoms with van der Waals surface area (Å²) in [6.45, 7) is 6.38. The summed E-state index contributed by atoms with van der Waals surface area (Å²) < 4.78 is 0. The smallest absolute Gasteiger partial charge is 0.193 e. The van der Waals surface area contributed by atoms with Gasteiger partial charge in [-0.25, -0.2) is 0 Å².